The number of hydrogen-bond donors (Lipinski definition) is 1. The number of hydrogen-bond acceptors (Lipinski definition) is 4. The highest BCUT2D eigenvalue weighted by molar-refractivity contribution is 5.77. The number of nitrogens with one attached hydrogen (secondary N) is 1. The summed E-state index contributed by atoms with van der Waals surface area (Å²) in [7, 11) is 0. The molecule has 2 heterocycles. The number of oxazole rings is 1. The second-order valence-corrected chi connectivity index (χ2v) is 5.27. The lowest BCUT2D eigenvalue weighted by Crippen LogP contribution is -2.18. The Kier molecular flexibility index (Phi) is 3.08. The van der Waals surface area contributed by atoms with Gasteiger partial charge in [0.05, 0.1) is 16.4 Å². The molecule has 2 aromatic carbocycles. The molecule has 1 N–H and O–H groups in total. The first-order chi connectivity index (χ1) is 11.2. The minimum absolute atomic E-state index is 0.171. The van der Waals surface area contributed by atoms with Crippen LogP contribution in [0.5, 0.6) is 0 Å². The second kappa shape index (κ2) is 5.24. The van der Waals surface area contributed by atoms with Crippen LogP contribution in [-0.2, 0) is 13.0 Å². The molecule has 0 spiro atoms. The molecular formula is C17H13N3O3. The van der Waals surface area contributed by atoms with Gasteiger partial charge < -0.3 is 9.40 Å². The van der Waals surface area contributed by atoms with Gasteiger partial charge in [-0.15, -0.1) is 0 Å². The Labute approximate surface area is 130 Å². The van der Waals surface area contributed by atoms with E-state index < -0.39 is 5.76 Å². The van der Waals surface area contributed by atoms with Crippen molar-refractivity contribution >= 4 is 22.0 Å². The first-order valence-corrected chi connectivity index (χ1v) is 7.29. The fourth-order valence-corrected chi connectivity index (χ4v) is 2.70. The number of fused-ring (bicyclic) bond motifs is 2. The smallest absolute Gasteiger partial charge is 0.408 e. The summed E-state index contributed by atoms with van der Waals surface area (Å²) in [4.78, 5) is 31.2. The van der Waals surface area contributed by atoms with Gasteiger partial charge in [-0.1, -0.05) is 24.3 Å². The molecule has 4 rings (SSSR count). The SMILES string of the molecule is O=c1[nH]c(CCn2c(=O)oc3ccccc32)nc2ccccc12. The maximum absolute atomic E-state index is 12.1. The van der Waals surface area contributed by atoms with Crippen LogP contribution in [0.2, 0.25) is 0 Å². The number of nitrogens with zero attached hydrogens (tertiary/aromatic N) is 2. The summed E-state index contributed by atoms with van der Waals surface area (Å²) < 4.78 is 6.74. The van der Waals surface area contributed by atoms with Crippen molar-refractivity contribution in [2.45, 2.75) is 13.0 Å². The second-order valence-electron chi connectivity index (χ2n) is 5.27. The minimum atomic E-state index is -0.408. The summed E-state index contributed by atoms with van der Waals surface area (Å²) >= 11 is 0. The molecule has 0 fully saturated rings. The van der Waals surface area contributed by atoms with E-state index in [1.165, 1.54) is 0 Å². The first-order valence-electron chi connectivity index (χ1n) is 7.29. The van der Waals surface area contributed by atoms with E-state index in [1.54, 1.807) is 28.8 Å². The van der Waals surface area contributed by atoms with Gasteiger partial charge in [-0.05, 0) is 24.3 Å². The van der Waals surface area contributed by atoms with Gasteiger partial charge in [0.15, 0.2) is 5.58 Å². The van der Waals surface area contributed by atoms with Crippen molar-refractivity contribution in [1.29, 1.82) is 0 Å². The maximum Gasteiger partial charge on any atom is 0.419 e. The average Bonchev–Trinajstić information content (AvgIpc) is 2.88. The van der Waals surface area contributed by atoms with Gasteiger partial charge in [-0.25, -0.2) is 9.78 Å². The normalized spacial score (nSPS) is 11.3. The Morgan fingerprint density at radius 3 is 2.74 bits per heavy atom. The van der Waals surface area contributed by atoms with Crippen LogP contribution in [0.1, 0.15) is 5.82 Å². The molecule has 0 saturated heterocycles. The Balaban J connectivity index is 1.70. The van der Waals surface area contributed by atoms with Gasteiger partial charge >= 0.3 is 5.76 Å². The molecule has 0 amide bonds. The molecule has 0 bridgehead atoms. The van der Waals surface area contributed by atoms with Crippen LogP contribution in [0.25, 0.3) is 22.0 Å². The Morgan fingerprint density at radius 2 is 1.83 bits per heavy atom. The summed E-state index contributed by atoms with van der Waals surface area (Å²) in [6, 6.07) is 14.4. The van der Waals surface area contributed by atoms with E-state index in [0.717, 1.165) is 5.52 Å². The molecule has 0 aliphatic rings. The van der Waals surface area contributed by atoms with Gasteiger partial charge in [0.1, 0.15) is 5.82 Å². The van der Waals surface area contributed by atoms with E-state index in [0.29, 0.717) is 35.3 Å². The Morgan fingerprint density at radius 1 is 1.04 bits per heavy atom. The van der Waals surface area contributed by atoms with Gasteiger partial charge in [-0.2, -0.15) is 0 Å². The molecule has 2 aromatic heterocycles. The van der Waals surface area contributed by atoms with Gasteiger partial charge in [0.2, 0.25) is 0 Å². The summed E-state index contributed by atoms with van der Waals surface area (Å²) in [5.41, 5.74) is 1.77. The molecule has 114 valence electrons. The lowest BCUT2D eigenvalue weighted by Gasteiger charge is -2.04. The van der Waals surface area contributed by atoms with Crippen LogP contribution in [0.3, 0.4) is 0 Å². The van der Waals surface area contributed by atoms with E-state index in [2.05, 4.69) is 9.97 Å². The van der Waals surface area contributed by atoms with Gasteiger partial charge in [0.25, 0.3) is 5.56 Å². The fraction of sp³-hybridized carbons (Fsp3) is 0.118. The van der Waals surface area contributed by atoms with Crippen molar-refractivity contribution in [2.24, 2.45) is 0 Å². The monoisotopic (exact) mass is 307 g/mol. The number of para-hydroxylation sites is 3. The van der Waals surface area contributed by atoms with Gasteiger partial charge in [0, 0.05) is 13.0 Å². The van der Waals surface area contributed by atoms with Crippen LogP contribution in [0.4, 0.5) is 0 Å². The van der Waals surface area contributed by atoms with E-state index >= 15 is 0 Å². The number of aryl methyl sites for hydroxylation is 2. The zero-order chi connectivity index (χ0) is 15.8. The minimum Gasteiger partial charge on any atom is -0.408 e. The molecule has 23 heavy (non-hydrogen) atoms. The molecule has 0 aliphatic carbocycles. The van der Waals surface area contributed by atoms with Crippen molar-refractivity contribution in [3.05, 3.63) is 75.3 Å². The number of aromatic amines is 1. The fourth-order valence-electron chi connectivity index (χ4n) is 2.70. The predicted octanol–water partition coefficient (Wildman–Crippen LogP) is 2.07. The van der Waals surface area contributed by atoms with Crippen molar-refractivity contribution in [3.63, 3.8) is 0 Å². The number of benzene rings is 2. The van der Waals surface area contributed by atoms with Crippen molar-refractivity contribution in [2.75, 3.05) is 0 Å². The van der Waals surface area contributed by atoms with Crippen LogP contribution in [0, 0.1) is 0 Å². The van der Waals surface area contributed by atoms with Crippen molar-refractivity contribution < 1.29 is 4.42 Å². The summed E-state index contributed by atoms with van der Waals surface area (Å²) in [6.45, 7) is 0.386. The zero-order valence-electron chi connectivity index (χ0n) is 12.2. The topological polar surface area (TPSA) is 80.9 Å². The highest BCUT2D eigenvalue weighted by atomic mass is 16.4. The van der Waals surface area contributed by atoms with E-state index in [9.17, 15) is 9.59 Å². The maximum atomic E-state index is 12.1. The van der Waals surface area contributed by atoms with E-state index in [-0.39, 0.29) is 5.56 Å². The van der Waals surface area contributed by atoms with Crippen LogP contribution in [0.15, 0.2) is 62.5 Å². The molecule has 0 radical (unpaired) electrons. The largest absolute Gasteiger partial charge is 0.419 e. The Hall–Kier alpha value is -3.15. The molecule has 0 atom stereocenters. The van der Waals surface area contributed by atoms with Crippen LogP contribution < -0.4 is 11.3 Å². The van der Waals surface area contributed by atoms with Crippen LogP contribution in [-0.4, -0.2) is 14.5 Å². The highest BCUT2D eigenvalue weighted by Gasteiger charge is 2.09. The Bertz CT molecular complexity index is 1120. The lowest BCUT2D eigenvalue weighted by molar-refractivity contribution is 0.503. The molecule has 6 heteroatoms. The van der Waals surface area contributed by atoms with E-state index in [1.807, 2.05) is 24.3 Å². The average molecular weight is 307 g/mol. The summed E-state index contributed by atoms with van der Waals surface area (Å²) in [5, 5.41) is 0.558. The quantitative estimate of drug-likeness (QED) is 0.628. The zero-order valence-corrected chi connectivity index (χ0v) is 12.2. The third kappa shape index (κ3) is 2.34. The predicted molar refractivity (Wildman–Crippen MR) is 86.5 cm³/mol. The molecule has 6 nitrogen and oxygen atoms in total. The lowest BCUT2D eigenvalue weighted by atomic mass is 10.2. The van der Waals surface area contributed by atoms with Gasteiger partial charge in [-0.3, -0.25) is 9.36 Å². The number of rotatable bonds is 3. The standard InChI is InChI=1S/C17H13N3O3/c21-16-11-5-1-2-6-12(11)18-15(19-16)9-10-20-13-7-3-4-8-14(13)23-17(20)22/h1-8H,9-10H2,(H,18,19,21). The first kappa shape index (κ1) is 13.5. The molecule has 0 aliphatic heterocycles. The van der Waals surface area contributed by atoms with E-state index in [4.69, 9.17) is 4.42 Å². The molecule has 0 unspecified atom stereocenters. The molecule has 4 aromatic rings. The number of H-pyrrole nitrogens is 1. The van der Waals surface area contributed by atoms with Crippen molar-refractivity contribution in [1.82, 2.24) is 14.5 Å². The number of aromatic nitrogens is 3. The third-order valence-electron chi connectivity index (χ3n) is 3.81. The van der Waals surface area contributed by atoms with Crippen LogP contribution >= 0.6 is 0 Å². The summed E-state index contributed by atoms with van der Waals surface area (Å²) in [5.74, 6) is 0.139. The molecular weight excluding hydrogens is 294 g/mol. The molecule has 0 saturated carbocycles. The van der Waals surface area contributed by atoms with Crippen molar-refractivity contribution in [3.8, 4) is 0 Å². The third-order valence-corrected chi connectivity index (χ3v) is 3.81. The summed E-state index contributed by atoms with van der Waals surface area (Å²) in [6.07, 6.45) is 0.434. The highest BCUT2D eigenvalue weighted by Crippen LogP contribution is 2.12.